The van der Waals surface area contributed by atoms with Gasteiger partial charge in [0.1, 0.15) is 11.5 Å². The monoisotopic (exact) mass is 331 g/mol. The minimum Gasteiger partial charge on any atom is -0.375 e. The number of carbonyl (C=O) groups excluding carboxylic acids is 1. The Bertz CT molecular complexity index is 757. The Balaban J connectivity index is 1.47. The van der Waals surface area contributed by atoms with E-state index in [0.717, 1.165) is 29.8 Å². The highest BCUT2D eigenvalue weighted by Gasteiger charge is 2.29. The Hall–Kier alpha value is -2.28. The van der Waals surface area contributed by atoms with Crippen molar-refractivity contribution in [2.75, 3.05) is 13.2 Å². The van der Waals surface area contributed by atoms with Crippen LogP contribution in [0.25, 0.3) is 0 Å². The summed E-state index contributed by atoms with van der Waals surface area (Å²) in [6, 6.07) is 1.40. The van der Waals surface area contributed by atoms with Gasteiger partial charge in [0, 0.05) is 31.3 Å². The lowest BCUT2D eigenvalue weighted by molar-refractivity contribution is 0.0721. The number of rotatable bonds is 5. The summed E-state index contributed by atoms with van der Waals surface area (Å²) in [5, 5.41) is 4.08. The van der Waals surface area contributed by atoms with Crippen molar-refractivity contribution in [3.63, 3.8) is 0 Å². The minimum absolute atomic E-state index is 0.0384. The molecule has 1 amide bonds. The maximum absolute atomic E-state index is 13.8. The largest absolute Gasteiger partial charge is 0.375 e. The molecule has 0 N–H and O–H groups in total. The van der Waals surface area contributed by atoms with Crippen molar-refractivity contribution in [2.45, 2.75) is 32.4 Å². The van der Waals surface area contributed by atoms with Gasteiger partial charge in [0.2, 0.25) is 0 Å². The molecule has 1 fully saturated rings. The number of pyridine rings is 1. The van der Waals surface area contributed by atoms with Crippen LogP contribution >= 0.6 is 0 Å². The van der Waals surface area contributed by atoms with Gasteiger partial charge in [-0.15, -0.1) is 0 Å². The highest BCUT2D eigenvalue weighted by atomic mass is 19.1. The molecule has 2 aromatic rings. The summed E-state index contributed by atoms with van der Waals surface area (Å²) in [6.45, 7) is 1.97. The second kappa shape index (κ2) is 6.32. The summed E-state index contributed by atoms with van der Waals surface area (Å²) in [4.78, 5) is 17.8. The lowest BCUT2D eigenvalue weighted by Gasteiger charge is -2.26. The van der Waals surface area contributed by atoms with Gasteiger partial charge in [-0.2, -0.15) is 0 Å². The molecule has 0 bridgehead atoms. The van der Waals surface area contributed by atoms with Gasteiger partial charge in [-0.05, 0) is 24.8 Å². The van der Waals surface area contributed by atoms with E-state index in [1.54, 1.807) is 4.90 Å². The Labute approximate surface area is 138 Å². The normalized spacial score (nSPS) is 17.0. The van der Waals surface area contributed by atoms with E-state index in [4.69, 9.17) is 9.26 Å². The Morgan fingerprint density at radius 2 is 2.33 bits per heavy atom. The highest BCUT2D eigenvalue weighted by Crippen LogP contribution is 2.30. The number of amides is 1. The van der Waals surface area contributed by atoms with Gasteiger partial charge in [0.05, 0.1) is 24.9 Å². The standard InChI is InChI=1S/C17H18FN3O3/c18-14-7-19-5-3-12(14)17(22)21-6-4-16-13(8-21)15(20-24-16)10-23-9-11-1-2-11/h3,5,7,11H,1-2,4,6,8-10H2. The SMILES string of the molecule is O=C(c1ccncc1F)N1CCc2onc(COCC3CC3)c2C1. The minimum atomic E-state index is -0.605. The van der Waals surface area contributed by atoms with Gasteiger partial charge in [-0.3, -0.25) is 9.78 Å². The van der Waals surface area contributed by atoms with Crippen LogP contribution in [0.3, 0.4) is 0 Å². The van der Waals surface area contributed by atoms with Crippen LogP contribution < -0.4 is 0 Å². The number of nitrogens with zero attached hydrogens (tertiary/aromatic N) is 3. The second-order valence-electron chi connectivity index (χ2n) is 6.32. The first kappa shape index (κ1) is 15.3. The number of hydrogen-bond donors (Lipinski definition) is 0. The summed E-state index contributed by atoms with van der Waals surface area (Å²) < 4.78 is 24.8. The fraction of sp³-hybridized carbons (Fsp3) is 0.471. The van der Waals surface area contributed by atoms with Crippen molar-refractivity contribution in [1.29, 1.82) is 0 Å². The first-order valence-electron chi connectivity index (χ1n) is 8.15. The van der Waals surface area contributed by atoms with E-state index in [9.17, 15) is 9.18 Å². The van der Waals surface area contributed by atoms with E-state index in [-0.39, 0.29) is 11.5 Å². The number of hydrogen-bond acceptors (Lipinski definition) is 5. The van der Waals surface area contributed by atoms with Crippen molar-refractivity contribution in [2.24, 2.45) is 5.92 Å². The zero-order valence-electron chi connectivity index (χ0n) is 13.2. The third-order valence-electron chi connectivity index (χ3n) is 4.49. The van der Waals surface area contributed by atoms with Crippen LogP contribution in [0.5, 0.6) is 0 Å². The van der Waals surface area contributed by atoms with Crippen LogP contribution in [-0.2, 0) is 24.3 Å². The molecule has 2 aliphatic rings. The van der Waals surface area contributed by atoms with E-state index in [1.807, 2.05) is 0 Å². The van der Waals surface area contributed by atoms with Gasteiger partial charge in [0.15, 0.2) is 5.82 Å². The van der Waals surface area contributed by atoms with Crippen LogP contribution in [-0.4, -0.2) is 34.1 Å². The molecule has 7 heteroatoms. The smallest absolute Gasteiger partial charge is 0.257 e. The predicted octanol–water partition coefficient (Wildman–Crippen LogP) is 2.33. The lowest BCUT2D eigenvalue weighted by Crippen LogP contribution is -2.36. The van der Waals surface area contributed by atoms with Gasteiger partial charge in [-0.25, -0.2) is 4.39 Å². The first-order chi connectivity index (χ1) is 11.7. The number of aromatic nitrogens is 2. The number of ether oxygens (including phenoxy) is 1. The van der Waals surface area contributed by atoms with Gasteiger partial charge in [0.25, 0.3) is 5.91 Å². The molecule has 1 aliphatic heterocycles. The molecule has 0 saturated heterocycles. The summed E-state index contributed by atoms with van der Waals surface area (Å²) in [7, 11) is 0. The fourth-order valence-corrected chi connectivity index (χ4v) is 2.88. The molecular formula is C17H18FN3O3. The summed E-state index contributed by atoms with van der Waals surface area (Å²) in [5.41, 5.74) is 1.66. The molecule has 0 spiro atoms. The molecule has 0 atom stereocenters. The van der Waals surface area contributed by atoms with Crippen molar-refractivity contribution in [1.82, 2.24) is 15.0 Å². The van der Waals surface area contributed by atoms with Crippen molar-refractivity contribution >= 4 is 5.91 Å². The van der Waals surface area contributed by atoms with Crippen LogP contribution in [0.2, 0.25) is 0 Å². The Kier molecular flexibility index (Phi) is 4.02. The van der Waals surface area contributed by atoms with E-state index in [0.29, 0.717) is 32.0 Å². The van der Waals surface area contributed by atoms with Crippen LogP contribution in [0.15, 0.2) is 23.0 Å². The third kappa shape index (κ3) is 3.03. The molecule has 0 unspecified atom stereocenters. The highest BCUT2D eigenvalue weighted by molar-refractivity contribution is 5.94. The quantitative estimate of drug-likeness (QED) is 0.841. The van der Waals surface area contributed by atoms with E-state index < -0.39 is 5.82 Å². The molecule has 1 saturated carbocycles. The van der Waals surface area contributed by atoms with Crippen molar-refractivity contribution < 1.29 is 18.4 Å². The number of fused-ring (bicyclic) bond motifs is 1. The Morgan fingerprint density at radius 1 is 1.46 bits per heavy atom. The summed E-state index contributed by atoms with van der Waals surface area (Å²) in [5.74, 6) is 0.526. The first-order valence-corrected chi connectivity index (χ1v) is 8.15. The van der Waals surface area contributed by atoms with Crippen LogP contribution in [0, 0.1) is 11.7 Å². The van der Waals surface area contributed by atoms with E-state index >= 15 is 0 Å². The molecule has 1 aliphatic carbocycles. The zero-order valence-corrected chi connectivity index (χ0v) is 13.2. The van der Waals surface area contributed by atoms with Crippen molar-refractivity contribution in [3.05, 3.63) is 46.9 Å². The van der Waals surface area contributed by atoms with Gasteiger partial charge < -0.3 is 14.2 Å². The lowest BCUT2D eigenvalue weighted by atomic mass is 10.0. The van der Waals surface area contributed by atoms with Crippen LogP contribution in [0.4, 0.5) is 4.39 Å². The third-order valence-corrected chi connectivity index (χ3v) is 4.49. The molecule has 2 aromatic heterocycles. The molecule has 126 valence electrons. The molecular weight excluding hydrogens is 313 g/mol. The van der Waals surface area contributed by atoms with E-state index in [1.165, 1.54) is 25.1 Å². The van der Waals surface area contributed by atoms with Crippen LogP contribution in [0.1, 0.15) is 40.2 Å². The summed E-state index contributed by atoms with van der Waals surface area (Å²) in [6.07, 6.45) is 5.51. The summed E-state index contributed by atoms with van der Waals surface area (Å²) >= 11 is 0. The number of carbonyl (C=O) groups is 1. The molecule has 0 aromatic carbocycles. The Morgan fingerprint density at radius 3 is 3.12 bits per heavy atom. The average Bonchev–Trinajstić information content (AvgIpc) is 3.34. The molecule has 24 heavy (non-hydrogen) atoms. The van der Waals surface area contributed by atoms with Gasteiger partial charge in [-0.1, -0.05) is 5.16 Å². The molecule has 6 nitrogen and oxygen atoms in total. The average molecular weight is 331 g/mol. The topological polar surface area (TPSA) is 68.5 Å². The maximum atomic E-state index is 13.8. The molecule has 3 heterocycles. The van der Waals surface area contributed by atoms with E-state index in [2.05, 4.69) is 10.1 Å². The zero-order chi connectivity index (χ0) is 16.5. The number of halogens is 1. The maximum Gasteiger partial charge on any atom is 0.257 e. The predicted molar refractivity (Wildman–Crippen MR) is 81.5 cm³/mol. The van der Waals surface area contributed by atoms with Crippen molar-refractivity contribution in [3.8, 4) is 0 Å². The second-order valence-corrected chi connectivity index (χ2v) is 6.32. The fourth-order valence-electron chi connectivity index (χ4n) is 2.88. The molecule has 4 rings (SSSR count). The molecule has 0 radical (unpaired) electrons. The van der Waals surface area contributed by atoms with Gasteiger partial charge >= 0.3 is 0 Å².